The van der Waals surface area contributed by atoms with E-state index in [1.54, 1.807) is 0 Å². The fourth-order valence-electron chi connectivity index (χ4n) is 0.257. The average Bonchev–Trinajstić information content (AvgIpc) is 1.85. The largest absolute Gasteiger partial charge is 0.469 e. The molecule has 0 heterocycles. The molecule has 0 saturated heterocycles. The van der Waals surface area contributed by atoms with Crippen molar-refractivity contribution in [2.24, 2.45) is 0 Å². The lowest BCUT2D eigenvalue weighted by Gasteiger charge is -2.17. The minimum absolute atomic E-state index is 2.25. The van der Waals surface area contributed by atoms with Crippen molar-refractivity contribution in [3.05, 3.63) is 0 Å². The number of sulfone groups is 1. The zero-order valence-corrected chi connectivity index (χ0v) is 6.09. The molecule has 1 N–H and O–H groups in total. The van der Waals surface area contributed by atoms with Crippen LogP contribution in [0.15, 0.2) is 0 Å². The highest BCUT2D eigenvalue weighted by molar-refractivity contribution is 7.92. The first-order valence-corrected chi connectivity index (χ1v) is 3.99. The summed E-state index contributed by atoms with van der Waals surface area (Å²) in [5.74, 6) is -2.25. The molecule has 74 valence electrons. The first-order chi connectivity index (χ1) is 5.06. The van der Waals surface area contributed by atoms with E-state index in [0.29, 0.717) is 0 Å². The van der Waals surface area contributed by atoms with Crippen LogP contribution in [0.3, 0.4) is 0 Å². The van der Waals surface area contributed by atoms with Crippen LogP contribution < -0.4 is 0 Å². The summed E-state index contributed by atoms with van der Waals surface area (Å²) in [6, 6.07) is 0. The summed E-state index contributed by atoms with van der Waals surface area (Å²) < 4.78 is 77.4. The zero-order chi connectivity index (χ0) is 10.2. The van der Waals surface area contributed by atoms with Crippen molar-refractivity contribution in [1.82, 2.24) is 0 Å². The van der Waals surface area contributed by atoms with E-state index < -0.39 is 27.2 Å². The number of aliphatic hydroxyl groups is 1. The second-order valence-electron chi connectivity index (χ2n) is 1.76. The molecule has 0 amide bonds. The van der Waals surface area contributed by atoms with Crippen molar-refractivity contribution >= 4 is 9.84 Å². The maximum absolute atomic E-state index is 11.8. The number of hydrogen-bond acceptors (Lipinski definition) is 3. The van der Waals surface area contributed by atoms with Crippen LogP contribution in [-0.4, -0.2) is 30.9 Å². The Morgan fingerprint density at radius 1 is 1.08 bits per heavy atom. The lowest BCUT2D eigenvalue weighted by Crippen LogP contribution is -2.45. The molecule has 0 aliphatic carbocycles. The van der Waals surface area contributed by atoms with Gasteiger partial charge in [-0.25, -0.2) is 8.42 Å². The number of aliphatic hydroxyl groups excluding tert-OH is 1. The highest BCUT2D eigenvalue weighted by atomic mass is 32.2. The Labute approximate surface area is 63.7 Å². The summed E-state index contributed by atoms with van der Waals surface area (Å²) in [5, 5.41) is 1.83. The highest BCUT2D eigenvalue weighted by Gasteiger charge is 2.66. The highest BCUT2D eigenvalue weighted by Crippen LogP contribution is 2.39. The average molecular weight is 214 g/mol. The standard InChI is InChI=1S/C3H3F5O3S/c4-2(5,6)3(7,8)12(10,11)1-9/h9H,1H2. The second-order valence-corrected chi connectivity index (χ2v) is 3.76. The maximum Gasteiger partial charge on any atom is 0.469 e. The molecule has 0 fully saturated rings. The van der Waals surface area contributed by atoms with Gasteiger partial charge in [0.15, 0.2) is 5.94 Å². The molecular weight excluding hydrogens is 211 g/mol. The van der Waals surface area contributed by atoms with Gasteiger partial charge in [-0.05, 0) is 0 Å². The molecule has 3 nitrogen and oxygen atoms in total. The summed E-state index contributed by atoms with van der Waals surface area (Å²) in [5.41, 5.74) is 0. The van der Waals surface area contributed by atoms with Crippen LogP contribution >= 0.6 is 0 Å². The van der Waals surface area contributed by atoms with Gasteiger partial charge in [-0.2, -0.15) is 22.0 Å². The summed E-state index contributed by atoms with van der Waals surface area (Å²) in [4.78, 5) is 0. The molecule has 0 aromatic carbocycles. The van der Waals surface area contributed by atoms with E-state index in [1.165, 1.54) is 0 Å². The Morgan fingerprint density at radius 2 is 1.42 bits per heavy atom. The fraction of sp³-hybridized carbons (Fsp3) is 1.00. The van der Waals surface area contributed by atoms with Crippen LogP contribution in [-0.2, 0) is 9.84 Å². The molecule has 0 aromatic rings. The van der Waals surface area contributed by atoms with Crippen LogP contribution in [0.1, 0.15) is 0 Å². The molecule has 0 saturated carbocycles. The van der Waals surface area contributed by atoms with E-state index >= 15 is 0 Å². The van der Waals surface area contributed by atoms with Gasteiger partial charge in [0.05, 0.1) is 0 Å². The van der Waals surface area contributed by atoms with Crippen LogP contribution in [0, 0.1) is 0 Å². The van der Waals surface area contributed by atoms with Crippen LogP contribution in [0.2, 0.25) is 0 Å². The molecule has 0 unspecified atom stereocenters. The Kier molecular flexibility index (Phi) is 2.70. The van der Waals surface area contributed by atoms with E-state index in [4.69, 9.17) is 5.11 Å². The number of halogens is 5. The zero-order valence-electron chi connectivity index (χ0n) is 5.27. The van der Waals surface area contributed by atoms with Crippen LogP contribution in [0.4, 0.5) is 22.0 Å². The number of hydrogen-bond donors (Lipinski definition) is 1. The topological polar surface area (TPSA) is 54.4 Å². The molecule has 0 atom stereocenters. The van der Waals surface area contributed by atoms with Crippen molar-refractivity contribution in [3.63, 3.8) is 0 Å². The summed E-state index contributed by atoms with van der Waals surface area (Å²) in [7, 11) is -5.86. The van der Waals surface area contributed by atoms with Crippen molar-refractivity contribution in [2.45, 2.75) is 11.4 Å². The number of rotatable bonds is 2. The van der Waals surface area contributed by atoms with E-state index in [9.17, 15) is 30.4 Å². The molecule has 0 aromatic heterocycles. The molecule has 0 radical (unpaired) electrons. The second kappa shape index (κ2) is 2.80. The van der Waals surface area contributed by atoms with Gasteiger partial charge >= 0.3 is 11.4 Å². The van der Waals surface area contributed by atoms with Crippen molar-refractivity contribution < 1.29 is 35.5 Å². The van der Waals surface area contributed by atoms with Gasteiger partial charge in [-0.3, -0.25) is 0 Å². The third-order valence-corrected chi connectivity index (χ3v) is 2.24. The van der Waals surface area contributed by atoms with E-state index in [2.05, 4.69) is 0 Å². The van der Waals surface area contributed by atoms with Gasteiger partial charge < -0.3 is 5.11 Å². The third kappa shape index (κ3) is 1.66. The summed E-state index contributed by atoms with van der Waals surface area (Å²) in [6.45, 7) is 0. The minimum Gasteiger partial charge on any atom is -0.380 e. The van der Waals surface area contributed by atoms with Crippen molar-refractivity contribution in [3.8, 4) is 0 Å². The minimum atomic E-state index is -6.20. The van der Waals surface area contributed by atoms with Crippen LogP contribution in [0.25, 0.3) is 0 Å². The molecule has 0 spiro atoms. The molecule has 9 heteroatoms. The maximum atomic E-state index is 11.8. The van der Waals surface area contributed by atoms with Gasteiger partial charge in [0, 0.05) is 0 Å². The Balaban J connectivity index is 5.14. The van der Waals surface area contributed by atoms with Crippen molar-refractivity contribution in [2.75, 3.05) is 5.94 Å². The molecular formula is C3H3F5O3S. The SMILES string of the molecule is O=S(=O)(CO)C(F)(F)C(F)(F)F. The van der Waals surface area contributed by atoms with Crippen molar-refractivity contribution in [1.29, 1.82) is 0 Å². The normalized spacial score (nSPS) is 14.8. The predicted octanol–water partition coefficient (Wildman–Crippen LogP) is 0.506. The van der Waals surface area contributed by atoms with E-state index in [0.717, 1.165) is 0 Å². The third-order valence-electron chi connectivity index (χ3n) is 0.891. The van der Waals surface area contributed by atoms with Gasteiger partial charge in [-0.15, -0.1) is 0 Å². The monoisotopic (exact) mass is 214 g/mol. The van der Waals surface area contributed by atoms with Gasteiger partial charge in [0.25, 0.3) is 0 Å². The number of alkyl halides is 5. The smallest absolute Gasteiger partial charge is 0.380 e. The fourth-order valence-corrected chi connectivity index (χ4v) is 0.772. The van der Waals surface area contributed by atoms with Gasteiger partial charge in [0.2, 0.25) is 9.84 Å². The first-order valence-electron chi connectivity index (χ1n) is 2.34. The van der Waals surface area contributed by atoms with E-state index in [1.807, 2.05) is 0 Å². The molecule has 0 rings (SSSR count). The molecule has 12 heavy (non-hydrogen) atoms. The Hall–Kier alpha value is -0.440. The molecule has 0 aliphatic rings. The summed E-state index contributed by atoms with van der Waals surface area (Å²) in [6.07, 6.45) is -6.20. The predicted molar refractivity (Wildman–Crippen MR) is 27.0 cm³/mol. The van der Waals surface area contributed by atoms with E-state index in [-0.39, 0.29) is 0 Å². The lowest BCUT2D eigenvalue weighted by molar-refractivity contribution is -0.241. The van der Waals surface area contributed by atoms with Crippen LogP contribution in [0.5, 0.6) is 0 Å². The Bertz CT molecular complexity index is 252. The van der Waals surface area contributed by atoms with Gasteiger partial charge in [0.1, 0.15) is 0 Å². The molecule has 0 bridgehead atoms. The quantitative estimate of drug-likeness (QED) is 0.681. The summed E-state index contributed by atoms with van der Waals surface area (Å²) >= 11 is 0. The lowest BCUT2D eigenvalue weighted by atomic mass is 10.7. The first kappa shape index (κ1) is 11.6. The Morgan fingerprint density at radius 3 is 1.50 bits per heavy atom. The van der Waals surface area contributed by atoms with Gasteiger partial charge in [-0.1, -0.05) is 0 Å². The molecule has 0 aliphatic heterocycles.